The summed E-state index contributed by atoms with van der Waals surface area (Å²) >= 11 is 3.44. The average molecular weight is 441 g/mol. The van der Waals surface area contributed by atoms with E-state index in [2.05, 4.69) is 31.1 Å². The number of aromatic nitrogens is 4. The first-order chi connectivity index (χ1) is 13.7. The number of hydrogen-bond donors (Lipinski definition) is 0. The third-order valence-electron chi connectivity index (χ3n) is 4.68. The number of fused-ring (bicyclic) bond motifs is 1. The van der Waals surface area contributed by atoms with Gasteiger partial charge in [-0.2, -0.15) is 4.98 Å². The Morgan fingerprint density at radius 1 is 1.14 bits per heavy atom. The molecule has 5 rings (SSSR count). The molecule has 3 heterocycles. The van der Waals surface area contributed by atoms with Crippen molar-refractivity contribution in [3.05, 3.63) is 76.4 Å². The molecule has 0 saturated carbocycles. The van der Waals surface area contributed by atoms with Gasteiger partial charge in [-0.15, -0.1) is 0 Å². The van der Waals surface area contributed by atoms with Crippen LogP contribution in [0.5, 0.6) is 0 Å². The van der Waals surface area contributed by atoms with Crippen molar-refractivity contribution in [3.8, 4) is 23.0 Å². The molecule has 0 unspecified atom stereocenters. The van der Waals surface area contributed by atoms with Gasteiger partial charge in [0.1, 0.15) is 11.9 Å². The number of rotatable bonds is 3. The summed E-state index contributed by atoms with van der Waals surface area (Å²) in [4.78, 5) is 8.94. The van der Waals surface area contributed by atoms with Gasteiger partial charge in [0.05, 0.1) is 25.2 Å². The van der Waals surface area contributed by atoms with Crippen molar-refractivity contribution in [1.82, 2.24) is 19.7 Å². The quantitative estimate of drug-likeness (QED) is 0.458. The first kappa shape index (κ1) is 17.3. The van der Waals surface area contributed by atoms with Gasteiger partial charge in [-0.1, -0.05) is 45.4 Å². The fraction of sp³-hybridized carbons (Fsp3) is 0.150. The molecular formula is C20H14BrFN4O2. The molecule has 1 aliphatic heterocycles. The van der Waals surface area contributed by atoms with E-state index in [1.54, 1.807) is 18.5 Å². The predicted molar refractivity (Wildman–Crippen MR) is 103 cm³/mol. The minimum absolute atomic E-state index is 0.157. The zero-order valence-electron chi connectivity index (χ0n) is 14.5. The van der Waals surface area contributed by atoms with Crippen molar-refractivity contribution in [2.24, 2.45) is 0 Å². The summed E-state index contributed by atoms with van der Waals surface area (Å²) in [6.45, 7) is 0.937. The maximum Gasteiger partial charge on any atom is 0.278 e. The van der Waals surface area contributed by atoms with E-state index in [1.165, 1.54) is 12.1 Å². The Morgan fingerprint density at radius 3 is 2.82 bits per heavy atom. The molecule has 1 atom stereocenters. The Hall–Kier alpha value is -2.84. The minimum atomic E-state index is -0.261. The van der Waals surface area contributed by atoms with Crippen molar-refractivity contribution < 1.29 is 13.7 Å². The predicted octanol–water partition coefficient (Wildman–Crippen LogP) is 4.77. The van der Waals surface area contributed by atoms with Crippen LogP contribution in [0.2, 0.25) is 0 Å². The summed E-state index contributed by atoms with van der Waals surface area (Å²) in [5.74, 6) is 0.592. The molecular weight excluding hydrogens is 427 g/mol. The maximum atomic E-state index is 13.1. The highest BCUT2D eigenvalue weighted by molar-refractivity contribution is 9.10. The van der Waals surface area contributed by atoms with Gasteiger partial charge >= 0.3 is 0 Å². The van der Waals surface area contributed by atoms with Crippen LogP contribution in [0.4, 0.5) is 4.39 Å². The number of halogens is 2. The highest BCUT2D eigenvalue weighted by atomic mass is 79.9. The largest absolute Gasteiger partial charge is 0.365 e. The summed E-state index contributed by atoms with van der Waals surface area (Å²) in [7, 11) is 0. The van der Waals surface area contributed by atoms with Crippen molar-refractivity contribution in [3.63, 3.8) is 0 Å². The van der Waals surface area contributed by atoms with Gasteiger partial charge in [-0.05, 0) is 29.8 Å². The molecule has 0 radical (unpaired) electrons. The van der Waals surface area contributed by atoms with Crippen molar-refractivity contribution in [2.45, 2.75) is 19.3 Å². The Balaban J connectivity index is 1.42. The van der Waals surface area contributed by atoms with Gasteiger partial charge in [0.2, 0.25) is 5.82 Å². The van der Waals surface area contributed by atoms with E-state index in [0.29, 0.717) is 30.6 Å². The van der Waals surface area contributed by atoms with E-state index in [9.17, 15) is 4.39 Å². The fourth-order valence-electron chi connectivity index (χ4n) is 3.25. The number of imidazole rings is 1. The van der Waals surface area contributed by atoms with Crippen molar-refractivity contribution in [2.75, 3.05) is 0 Å². The zero-order valence-corrected chi connectivity index (χ0v) is 16.1. The van der Waals surface area contributed by atoms with E-state index in [1.807, 2.05) is 28.8 Å². The average Bonchev–Trinajstić information content (AvgIpc) is 3.35. The molecule has 4 aromatic rings. The Bertz CT molecular complexity index is 1140. The van der Waals surface area contributed by atoms with Gasteiger partial charge in [-0.3, -0.25) is 0 Å². The van der Waals surface area contributed by atoms with E-state index in [-0.39, 0.29) is 11.9 Å². The second-order valence-corrected chi connectivity index (χ2v) is 7.39. The van der Waals surface area contributed by atoms with Crippen LogP contribution in [0.3, 0.4) is 0 Å². The molecule has 0 spiro atoms. The van der Waals surface area contributed by atoms with E-state index >= 15 is 0 Å². The number of hydrogen-bond acceptors (Lipinski definition) is 5. The zero-order chi connectivity index (χ0) is 19.1. The Kier molecular flexibility index (Phi) is 4.29. The summed E-state index contributed by atoms with van der Waals surface area (Å²) in [6, 6.07) is 14.1. The lowest BCUT2D eigenvalue weighted by Crippen LogP contribution is -2.20. The van der Waals surface area contributed by atoms with Crippen LogP contribution in [0.1, 0.15) is 17.4 Å². The molecule has 0 saturated heterocycles. The molecule has 0 fully saturated rings. The topological polar surface area (TPSA) is 66.0 Å². The van der Waals surface area contributed by atoms with Crippen LogP contribution >= 0.6 is 15.9 Å². The standard InChI is InChI=1S/C20H14BrFN4O2/c21-14-3-1-2-13(8-14)19-24-20(28-25-19)18-16-10-27-17(9-26(16)11-23-18)12-4-6-15(22)7-5-12/h1-8,11,17H,9-10H2/t17-/m0/s1. The van der Waals surface area contributed by atoms with Gasteiger partial charge < -0.3 is 13.8 Å². The second-order valence-electron chi connectivity index (χ2n) is 6.48. The summed E-state index contributed by atoms with van der Waals surface area (Å²) in [5, 5.41) is 4.07. The van der Waals surface area contributed by atoms with Gasteiger partial charge in [0.15, 0.2) is 5.69 Å². The molecule has 0 bridgehead atoms. The number of ether oxygens (including phenoxy) is 1. The van der Waals surface area contributed by atoms with Crippen LogP contribution in [0.25, 0.3) is 23.0 Å². The molecule has 0 amide bonds. The number of benzene rings is 2. The molecule has 2 aromatic heterocycles. The fourth-order valence-corrected chi connectivity index (χ4v) is 3.65. The SMILES string of the molecule is Fc1ccc([C@@H]2Cn3cnc(-c4nc(-c5cccc(Br)c5)no4)c3CO2)cc1. The lowest BCUT2D eigenvalue weighted by molar-refractivity contribution is 0.00326. The molecule has 28 heavy (non-hydrogen) atoms. The highest BCUT2D eigenvalue weighted by Gasteiger charge is 2.26. The van der Waals surface area contributed by atoms with Crippen molar-refractivity contribution >= 4 is 15.9 Å². The number of nitrogens with zero attached hydrogens (tertiary/aromatic N) is 4. The van der Waals surface area contributed by atoms with Crippen molar-refractivity contribution in [1.29, 1.82) is 0 Å². The van der Waals surface area contributed by atoms with Crippen LogP contribution in [0, 0.1) is 5.82 Å². The molecule has 8 heteroatoms. The van der Waals surface area contributed by atoms with E-state index in [0.717, 1.165) is 21.3 Å². The minimum Gasteiger partial charge on any atom is -0.365 e. The third kappa shape index (κ3) is 3.14. The lowest BCUT2D eigenvalue weighted by atomic mass is 10.1. The van der Waals surface area contributed by atoms with Crippen LogP contribution < -0.4 is 0 Å². The lowest BCUT2D eigenvalue weighted by Gasteiger charge is -2.25. The van der Waals surface area contributed by atoms with Crippen LogP contribution in [-0.4, -0.2) is 19.7 Å². The van der Waals surface area contributed by atoms with Gasteiger partial charge in [-0.25, -0.2) is 9.37 Å². The first-order valence-electron chi connectivity index (χ1n) is 8.68. The normalized spacial score (nSPS) is 16.1. The van der Waals surface area contributed by atoms with E-state index < -0.39 is 0 Å². The first-order valence-corrected chi connectivity index (χ1v) is 9.48. The Labute approximate surface area is 168 Å². The Morgan fingerprint density at radius 2 is 2.00 bits per heavy atom. The molecule has 6 nitrogen and oxygen atoms in total. The van der Waals surface area contributed by atoms with E-state index in [4.69, 9.17) is 9.26 Å². The van der Waals surface area contributed by atoms with Gasteiger partial charge in [0.25, 0.3) is 5.89 Å². The summed E-state index contributed by atoms with van der Waals surface area (Å²) < 4.78 is 27.5. The maximum absolute atomic E-state index is 13.1. The monoisotopic (exact) mass is 440 g/mol. The molecule has 0 aliphatic carbocycles. The molecule has 140 valence electrons. The van der Waals surface area contributed by atoms with Crippen LogP contribution in [0.15, 0.2) is 63.9 Å². The summed E-state index contributed by atoms with van der Waals surface area (Å²) in [5.41, 5.74) is 3.27. The second kappa shape index (κ2) is 6.96. The molecule has 2 aromatic carbocycles. The van der Waals surface area contributed by atoms with Crippen LogP contribution in [-0.2, 0) is 17.9 Å². The van der Waals surface area contributed by atoms with Gasteiger partial charge in [0, 0.05) is 10.0 Å². The highest BCUT2D eigenvalue weighted by Crippen LogP contribution is 2.32. The molecule has 1 aliphatic rings. The smallest absolute Gasteiger partial charge is 0.278 e. The third-order valence-corrected chi connectivity index (χ3v) is 5.18. The summed E-state index contributed by atoms with van der Waals surface area (Å²) in [6.07, 6.45) is 1.59. The molecule has 0 N–H and O–H groups in total.